The summed E-state index contributed by atoms with van der Waals surface area (Å²) in [4.78, 5) is 0.359. The van der Waals surface area contributed by atoms with Crippen molar-refractivity contribution in [1.82, 2.24) is 10.0 Å². The third-order valence-electron chi connectivity index (χ3n) is 3.89. The highest BCUT2D eigenvalue weighted by Gasteiger charge is 2.33. The van der Waals surface area contributed by atoms with Crippen LogP contribution >= 0.6 is 0 Å². The van der Waals surface area contributed by atoms with Crippen LogP contribution in [0.5, 0.6) is 0 Å². The minimum atomic E-state index is -3.35. The van der Waals surface area contributed by atoms with Gasteiger partial charge in [-0.1, -0.05) is 26.0 Å². The van der Waals surface area contributed by atoms with Crippen molar-refractivity contribution in [3.63, 3.8) is 0 Å². The van der Waals surface area contributed by atoms with Crippen LogP contribution in [0.15, 0.2) is 29.2 Å². The molecule has 5 heteroatoms. The summed E-state index contributed by atoms with van der Waals surface area (Å²) in [6, 6.07) is 7.18. The van der Waals surface area contributed by atoms with Gasteiger partial charge in [-0.25, -0.2) is 13.1 Å². The van der Waals surface area contributed by atoms with Crippen molar-refractivity contribution < 1.29 is 8.42 Å². The molecule has 0 saturated heterocycles. The molecule has 0 amide bonds. The molecule has 0 spiro atoms. The molecule has 1 saturated carbocycles. The minimum absolute atomic E-state index is 0.359. The first-order chi connectivity index (χ1) is 9.53. The van der Waals surface area contributed by atoms with E-state index in [1.165, 1.54) is 0 Å². The second-order valence-electron chi connectivity index (χ2n) is 5.57. The summed E-state index contributed by atoms with van der Waals surface area (Å²) in [6.07, 6.45) is 2.05. The molecule has 1 aromatic carbocycles. The van der Waals surface area contributed by atoms with Crippen molar-refractivity contribution in [2.24, 2.45) is 11.8 Å². The number of hydrogen-bond acceptors (Lipinski definition) is 3. The van der Waals surface area contributed by atoms with Crippen LogP contribution in [-0.4, -0.2) is 28.1 Å². The number of sulfonamides is 1. The second-order valence-corrected chi connectivity index (χ2v) is 7.34. The molecule has 0 aromatic heterocycles. The maximum Gasteiger partial charge on any atom is 0.240 e. The van der Waals surface area contributed by atoms with E-state index in [-0.39, 0.29) is 0 Å². The zero-order valence-corrected chi connectivity index (χ0v) is 13.0. The van der Waals surface area contributed by atoms with Gasteiger partial charge in [0.2, 0.25) is 10.0 Å². The van der Waals surface area contributed by atoms with Crippen molar-refractivity contribution >= 4 is 10.0 Å². The number of likely N-dealkylation sites (N-methyl/N-ethyl adjacent to an activating group) is 1. The highest BCUT2D eigenvalue weighted by molar-refractivity contribution is 7.89. The Balaban J connectivity index is 1.90. The Labute approximate surface area is 122 Å². The van der Waals surface area contributed by atoms with Gasteiger partial charge in [-0.05, 0) is 55.5 Å². The number of nitrogens with one attached hydrogen (secondary N) is 2. The Morgan fingerprint density at radius 3 is 2.45 bits per heavy atom. The summed E-state index contributed by atoms with van der Waals surface area (Å²) >= 11 is 0. The maximum atomic E-state index is 12.1. The van der Waals surface area contributed by atoms with E-state index in [1.807, 2.05) is 12.1 Å². The first kappa shape index (κ1) is 15.5. The largest absolute Gasteiger partial charge is 0.317 e. The second kappa shape index (κ2) is 6.70. The van der Waals surface area contributed by atoms with Crippen LogP contribution in [0.3, 0.4) is 0 Å². The molecule has 1 aliphatic carbocycles. The molecule has 112 valence electrons. The molecule has 0 bridgehead atoms. The average Bonchev–Trinajstić information content (AvgIpc) is 3.14. The molecule has 1 fully saturated rings. The maximum absolute atomic E-state index is 12.1. The van der Waals surface area contributed by atoms with Crippen molar-refractivity contribution in [2.45, 2.75) is 31.6 Å². The monoisotopic (exact) mass is 296 g/mol. The van der Waals surface area contributed by atoms with E-state index < -0.39 is 10.0 Å². The lowest BCUT2D eigenvalue weighted by atomic mass is 10.1. The van der Waals surface area contributed by atoms with E-state index in [1.54, 1.807) is 12.1 Å². The van der Waals surface area contributed by atoms with E-state index in [2.05, 4.69) is 23.9 Å². The average molecular weight is 296 g/mol. The van der Waals surface area contributed by atoms with E-state index in [0.717, 1.165) is 31.5 Å². The summed E-state index contributed by atoms with van der Waals surface area (Å²) in [5.74, 6) is 1.18. The molecular formula is C15H24N2O2S. The normalized spacial score (nSPS) is 21.9. The fraction of sp³-hybridized carbons (Fsp3) is 0.600. The molecule has 0 heterocycles. The van der Waals surface area contributed by atoms with Gasteiger partial charge >= 0.3 is 0 Å². The molecule has 2 unspecified atom stereocenters. The molecule has 4 nitrogen and oxygen atoms in total. The smallest absolute Gasteiger partial charge is 0.240 e. The first-order valence-corrected chi connectivity index (χ1v) is 8.80. The van der Waals surface area contributed by atoms with Crippen LogP contribution in [0.25, 0.3) is 0 Å². The van der Waals surface area contributed by atoms with Gasteiger partial charge in [-0.3, -0.25) is 0 Å². The third kappa shape index (κ3) is 4.30. The molecule has 1 aromatic rings. The zero-order chi connectivity index (χ0) is 14.6. The van der Waals surface area contributed by atoms with Crippen LogP contribution in [0.2, 0.25) is 0 Å². The lowest BCUT2D eigenvalue weighted by Crippen LogP contribution is -2.26. The molecule has 2 atom stereocenters. The van der Waals surface area contributed by atoms with E-state index in [9.17, 15) is 8.42 Å². The van der Waals surface area contributed by atoms with Crippen LogP contribution < -0.4 is 10.0 Å². The quantitative estimate of drug-likeness (QED) is 0.719. The molecule has 0 radical (unpaired) electrons. The predicted octanol–water partition coefficient (Wildman–Crippen LogP) is 1.77. The highest BCUT2D eigenvalue weighted by atomic mass is 32.2. The van der Waals surface area contributed by atoms with Gasteiger partial charge in [0.15, 0.2) is 0 Å². The molecule has 0 aliphatic heterocycles. The first-order valence-electron chi connectivity index (χ1n) is 7.32. The summed E-state index contributed by atoms with van der Waals surface area (Å²) in [6.45, 7) is 6.65. The Kier molecular flexibility index (Phi) is 5.18. The Hall–Kier alpha value is -0.910. The predicted molar refractivity (Wildman–Crippen MR) is 81.1 cm³/mol. The van der Waals surface area contributed by atoms with Crippen LogP contribution in [0.1, 0.15) is 25.8 Å². The number of benzene rings is 1. The molecule has 2 rings (SSSR count). The van der Waals surface area contributed by atoms with Gasteiger partial charge < -0.3 is 5.32 Å². The standard InChI is InChI=1S/C15H24N2O2S/c1-3-16-9-8-13-4-6-15(7-5-13)20(18,19)17-11-14-10-12(14)2/h4-7,12,14,16-17H,3,8-11H2,1-2H3. The van der Waals surface area contributed by atoms with Crippen LogP contribution in [0.4, 0.5) is 0 Å². The van der Waals surface area contributed by atoms with Crippen LogP contribution in [0, 0.1) is 11.8 Å². The fourth-order valence-electron chi connectivity index (χ4n) is 2.23. The Morgan fingerprint density at radius 2 is 1.90 bits per heavy atom. The summed E-state index contributed by atoms with van der Waals surface area (Å²) in [5.41, 5.74) is 1.15. The molecule has 20 heavy (non-hydrogen) atoms. The topological polar surface area (TPSA) is 58.2 Å². The van der Waals surface area contributed by atoms with Crippen molar-refractivity contribution in [1.29, 1.82) is 0 Å². The summed E-state index contributed by atoms with van der Waals surface area (Å²) in [5, 5.41) is 3.25. The van der Waals surface area contributed by atoms with Gasteiger partial charge in [0.1, 0.15) is 0 Å². The highest BCUT2D eigenvalue weighted by Crippen LogP contribution is 2.37. The van der Waals surface area contributed by atoms with E-state index in [0.29, 0.717) is 23.3 Å². The molecule has 2 N–H and O–H groups in total. The fourth-order valence-corrected chi connectivity index (χ4v) is 3.32. The Morgan fingerprint density at radius 1 is 1.25 bits per heavy atom. The molecule has 1 aliphatic rings. The van der Waals surface area contributed by atoms with Gasteiger partial charge in [0.05, 0.1) is 4.90 Å². The van der Waals surface area contributed by atoms with Crippen molar-refractivity contribution in [2.75, 3.05) is 19.6 Å². The Bertz CT molecular complexity index is 525. The summed E-state index contributed by atoms with van der Waals surface area (Å²) in [7, 11) is -3.35. The van der Waals surface area contributed by atoms with E-state index in [4.69, 9.17) is 0 Å². The van der Waals surface area contributed by atoms with Gasteiger partial charge in [0.25, 0.3) is 0 Å². The van der Waals surface area contributed by atoms with Gasteiger partial charge in [0, 0.05) is 6.54 Å². The van der Waals surface area contributed by atoms with Gasteiger partial charge in [-0.15, -0.1) is 0 Å². The number of rotatable bonds is 8. The number of hydrogen-bond donors (Lipinski definition) is 2. The van der Waals surface area contributed by atoms with Gasteiger partial charge in [-0.2, -0.15) is 0 Å². The zero-order valence-electron chi connectivity index (χ0n) is 12.2. The lowest BCUT2D eigenvalue weighted by Gasteiger charge is -2.07. The van der Waals surface area contributed by atoms with Crippen LogP contribution in [-0.2, 0) is 16.4 Å². The molecular weight excluding hydrogens is 272 g/mol. The lowest BCUT2D eigenvalue weighted by molar-refractivity contribution is 0.574. The third-order valence-corrected chi connectivity index (χ3v) is 5.33. The van der Waals surface area contributed by atoms with E-state index >= 15 is 0 Å². The van der Waals surface area contributed by atoms with Crippen molar-refractivity contribution in [3.05, 3.63) is 29.8 Å². The SMILES string of the molecule is CCNCCc1ccc(S(=O)(=O)NCC2CC2C)cc1. The van der Waals surface area contributed by atoms with Crippen molar-refractivity contribution in [3.8, 4) is 0 Å². The summed E-state index contributed by atoms with van der Waals surface area (Å²) < 4.78 is 26.9. The minimum Gasteiger partial charge on any atom is -0.317 e.